The average Bonchev–Trinajstić information content (AvgIpc) is 2.90. The Morgan fingerprint density at radius 1 is 0.529 bits per heavy atom. The van der Waals surface area contributed by atoms with Crippen LogP contribution in [0.1, 0.15) is 22.3 Å². The topological polar surface area (TPSA) is 42.5 Å². The maximum atomic E-state index is 5.50. The minimum absolute atomic E-state index is 0.745. The number of ether oxygens (including phenoxy) is 2. The summed E-state index contributed by atoms with van der Waals surface area (Å²) in [6.07, 6.45) is 0. The fourth-order valence-corrected chi connectivity index (χ4v) is 4.17. The van der Waals surface area contributed by atoms with Crippen molar-refractivity contribution in [1.29, 1.82) is 0 Å². The third kappa shape index (κ3) is 6.04. The van der Waals surface area contributed by atoms with Crippen LogP contribution in [0.2, 0.25) is 0 Å². The van der Waals surface area contributed by atoms with E-state index in [2.05, 4.69) is 71.3 Å². The fourth-order valence-electron chi connectivity index (χ4n) is 4.17. The van der Waals surface area contributed by atoms with Crippen LogP contribution < -0.4 is 20.1 Å². The van der Waals surface area contributed by atoms with Gasteiger partial charge in [0.25, 0.3) is 0 Å². The molecule has 4 aromatic carbocycles. The Bertz CT molecular complexity index is 1190. The third-order valence-electron chi connectivity index (χ3n) is 5.91. The summed E-state index contributed by atoms with van der Waals surface area (Å²) in [6.45, 7) is 3.05. The highest BCUT2D eigenvalue weighted by molar-refractivity contribution is 5.67. The van der Waals surface area contributed by atoms with E-state index in [1.165, 1.54) is 22.3 Å². The highest BCUT2D eigenvalue weighted by Gasteiger charge is 2.08. The summed E-state index contributed by atoms with van der Waals surface area (Å²) in [4.78, 5) is 0. The summed E-state index contributed by atoms with van der Waals surface area (Å²) >= 11 is 0. The van der Waals surface area contributed by atoms with Crippen molar-refractivity contribution in [3.8, 4) is 22.6 Å². The Hall–Kier alpha value is -3.60. The minimum Gasteiger partial charge on any atom is -0.496 e. The van der Waals surface area contributed by atoms with E-state index in [9.17, 15) is 0 Å². The molecule has 0 aliphatic heterocycles. The predicted molar refractivity (Wildman–Crippen MR) is 139 cm³/mol. The molecule has 0 atom stereocenters. The minimum atomic E-state index is 0.745. The van der Waals surface area contributed by atoms with Crippen LogP contribution in [0.3, 0.4) is 0 Å². The van der Waals surface area contributed by atoms with E-state index < -0.39 is 0 Å². The summed E-state index contributed by atoms with van der Waals surface area (Å²) in [5, 5.41) is 7.17. The van der Waals surface area contributed by atoms with Gasteiger partial charge in [-0.1, -0.05) is 84.9 Å². The third-order valence-corrected chi connectivity index (χ3v) is 5.91. The van der Waals surface area contributed by atoms with Gasteiger partial charge in [-0.25, -0.2) is 0 Å². The van der Waals surface area contributed by atoms with Gasteiger partial charge in [-0.15, -0.1) is 0 Å². The largest absolute Gasteiger partial charge is 0.496 e. The van der Waals surface area contributed by atoms with Crippen molar-refractivity contribution >= 4 is 0 Å². The zero-order valence-corrected chi connectivity index (χ0v) is 19.9. The lowest BCUT2D eigenvalue weighted by Crippen LogP contribution is -2.16. The first-order chi connectivity index (χ1) is 16.8. The van der Waals surface area contributed by atoms with Gasteiger partial charge in [0, 0.05) is 37.3 Å². The number of rotatable bonds is 11. The van der Waals surface area contributed by atoms with Crippen LogP contribution in [0, 0.1) is 0 Å². The highest BCUT2D eigenvalue weighted by atomic mass is 16.5. The van der Waals surface area contributed by atoms with E-state index in [-0.39, 0.29) is 0 Å². The van der Waals surface area contributed by atoms with Gasteiger partial charge in [0.1, 0.15) is 11.5 Å². The van der Waals surface area contributed by atoms with Gasteiger partial charge in [-0.05, 0) is 34.4 Å². The number of benzene rings is 4. The number of hydrogen-bond donors (Lipinski definition) is 2. The summed E-state index contributed by atoms with van der Waals surface area (Å²) in [6, 6.07) is 33.6. The highest BCUT2D eigenvalue weighted by Crippen LogP contribution is 2.26. The molecule has 0 saturated heterocycles. The van der Waals surface area contributed by atoms with E-state index in [0.717, 1.165) is 48.8 Å². The standard InChI is InChI=1S/C30H32N2O2/c1-33-29-14-8-6-12-25(29)20-31-19-23-16-17-28(24-10-4-3-5-11-24)27(18-23)22-32-21-26-13-7-9-15-30(26)34-2/h3-18,31-32H,19-22H2,1-2H3. The maximum Gasteiger partial charge on any atom is 0.123 e. The molecule has 174 valence electrons. The van der Waals surface area contributed by atoms with Crippen molar-refractivity contribution < 1.29 is 9.47 Å². The van der Waals surface area contributed by atoms with Gasteiger partial charge in [0.15, 0.2) is 0 Å². The van der Waals surface area contributed by atoms with Crippen molar-refractivity contribution in [2.75, 3.05) is 14.2 Å². The molecule has 4 aromatic rings. The van der Waals surface area contributed by atoms with Crippen LogP contribution in [-0.4, -0.2) is 14.2 Å². The lowest BCUT2D eigenvalue weighted by Gasteiger charge is -2.15. The van der Waals surface area contributed by atoms with Crippen LogP contribution in [-0.2, 0) is 26.2 Å². The molecular formula is C30H32N2O2. The molecule has 0 heterocycles. The van der Waals surface area contributed by atoms with Crippen molar-refractivity contribution in [3.05, 3.63) is 119 Å². The van der Waals surface area contributed by atoms with Crippen LogP contribution >= 0.6 is 0 Å². The zero-order valence-electron chi connectivity index (χ0n) is 19.9. The second-order valence-electron chi connectivity index (χ2n) is 8.19. The first kappa shape index (κ1) is 23.6. The molecule has 0 spiro atoms. The number of nitrogens with one attached hydrogen (secondary N) is 2. The molecule has 4 heteroatoms. The summed E-state index contributed by atoms with van der Waals surface area (Å²) in [7, 11) is 3.43. The monoisotopic (exact) mass is 452 g/mol. The Labute approximate surface area is 202 Å². The maximum absolute atomic E-state index is 5.50. The van der Waals surface area contributed by atoms with E-state index in [1.807, 2.05) is 36.4 Å². The number of methoxy groups -OCH3 is 2. The molecule has 0 aromatic heterocycles. The summed E-state index contributed by atoms with van der Waals surface area (Å²) < 4.78 is 11.0. The lowest BCUT2D eigenvalue weighted by molar-refractivity contribution is 0.407. The van der Waals surface area contributed by atoms with Gasteiger partial charge in [-0.2, -0.15) is 0 Å². The SMILES string of the molecule is COc1ccccc1CNCc1ccc(-c2ccccc2)c(CNCc2ccccc2OC)c1. The van der Waals surface area contributed by atoms with E-state index in [4.69, 9.17) is 9.47 Å². The van der Waals surface area contributed by atoms with Gasteiger partial charge < -0.3 is 20.1 Å². The average molecular weight is 453 g/mol. The Kier molecular flexibility index (Phi) is 8.33. The quantitative estimate of drug-likeness (QED) is 0.295. The Morgan fingerprint density at radius 2 is 1.06 bits per heavy atom. The molecule has 0 bridgehead atoms. The van der Waals surface area contributed by atoms with Crippen molar-refractivity contribution in [1.82, 2.24) is 10.6 Å². The van der Waals surface area contributed by atoms with Gasteiger partial charge in [-0.3, -0.25) is 0 Å². The molecule has 0 radical (unpaired) electrons. The molecule has 2 N–H and O–H groups in total. The molecule has 0 amide bonds. The van der Waals surface area contributed by atoms with Gasteiger partial charge in [0.2, 0.25) is 0 Å². The molecule has 0 saturated carbocycles. The van der Waals surface area contributed by atoms with Crippen molar-refractivity contribution in [3.63, 3.8) is 0 Å². The summed E-state index contributed by atoms with van der Waals surface area (Å²) in [5.74, 6) is 1.82. The van der Waals surface area contributed by atoms with Crippen LogP contribution in [0.25, 0.3) is 11.1 Å². The van der Waals surface area contributed by atoms with E-state index in [1.54, 1.807) is 14.2 Å². The fraction of sp³-hybridized carbons (Fsp3) is 0.200. The van der Waals surface area contributed by atoms with Gasteiger partial charge >= 0.3 is 0 Å². The molecule has 0 aliphatic rings. The molecular weight excluding hydrogens is 420 g/mol. The second-order valence-corrected chi connectivity index (χ2v) is 8.19. The van der Waals surface area contributed by atoms with E-state index >= 15 is 0 Å². The number of para-hydroxylation sites is 2. The molecule has 0 unspecified atom stereocenters. The van der Waals surface area contributed by atoms with Crippen LogP contribution in [0.15, 0.2) is 97.1 Å². The Morgan fingerprint density at radius 3 is 1.68 bits per heavy atom. The Balaban J connectivity index is 1.47. The zero-order chi connectivity index (χ0) is 23.6. The lowest BCUT2D eigenvalue weighted by atomic mass is 9.97. The van der Waals surface area contributed by atoms with Gasteiger partial charge in [0.05, 0.1) is 14.2 Å². The molecule has 0 fully saturated rings. The first-order valence-electron chi connectivity index (χ1n) is 11.6. The van der Waals surface area contributed by atoms with Crippen LogP contribution in [0.5, 0.6) is 11.5 Å². The van der Waals surface area contributed by atoms with Crippen molar-refractivity contribution in [2.24, 2.45) is 0 Å². The number of hydrogen-bond acceptors (Lipinski definition) is 4. The normalized spacial score (nSPS) is 10.8. The molecule has 4 nitrogen and oxygen atoms in total. The van der Waals surface area contributed by atoms with E-state index in [0.29, 0.717) is 0 Å². The first-order valence-corrected chi connectivity index (χ1v) is 11.6. The van der Waals surface area contributed by atoms with Crippen LogP contribution in [0.4, 0.5) is 0 Å². The molecule has 4 rings (SSSR count). The predicted octanol–water partition coefficient (Wildman–Crippen LogP) is 5.95. The molecule has 34 heavy (non-hydrogen) atoms. The summed E-state index contributed by atoms with van der Waals surface area (Å²) in [5.41, 5.74) is 7.32. The molecule has 0 aliphatic carbocycles. The van der Waals surface area contributed by atoms with Crippen molar-refractivity contribution in [2.45, 2.75) is 26.2 Å². The second kappa shape index (κ2) is 12.0. The smallest absolute Gasteiger partial charge is 0.123 e.